The zero-order valence-electron chi connectivity index (χ0n) is 14.1. The third-order valence-electron chi connectivity index (χ3n) is 5.06. The minimum absolute atomic E-state index is 0.165. The molecular weight excluding hydrogens is 264 g/mol. The van der Waals surface area contributed by atoms with E-state index in [-0.39, 0.29) is 17.4 Å². The number of amides is 1. The van der Waals surface area contributed by atoms with E-state index >= 15 is 0 Å². The van der Waals surface area contributed by atoms with Gasteiger partial charge < -0.3 is 14.9 Å². The van der Waals surface area contributed by atoms with Gasteiger partial charge >= 0.3 is 0 Å². The quantitative estimate of drug-likeness (QED) is 0.847. The smallest absolute Gasteiger partial charge is 0.227 e. The predicted octanol–water partition coefficient (Wildman–Crippen LogP) is 1.97. The number of piperidine rings is 2. The fourth-order valence-electron chi connectivity index (χ4n) is 3.44. The Kier molecular flexibility index (Phi) is 5.31. The van der Waals surface area contributed by atoms with Crippen molar-refractivity contribution in [3.63, 3.8) is 0 Å². The second-order valence-electron chi connectivity index (χ2n) is 8.08. The largest absolute Gasteiger partial charge is 0.392 e. The molecule has 0 bridgehead atoms. The van der Waals surface area contributed by atoms with Crippen LogP contribution >= 0.6 is 0 Å². The van der Waals surface area contributed by atoms with Gasteiger partial charge in [-0.25, -0.2) is 0 Å². The molecule has 2 rings (SSSR count). The minimum Gasteiger partial charge on any atom is -0.392 e. The van der Waals surface area contributed by atoms with E-state index < -0.39 is 0 Å². The molecule has 2 fully saturated rings. The van der Waals surface area contributed by atoms with Gasteiger partial charge in [0.1, 0.15) is 0 Å². The molecule has 21 heavy (non-hydrogen) atoms. The molecule has 0 aromatic heterocycles. The molecule has 2 aliphatic rings. The number of hydrogen-bond acceptors (Lipinski definition) is 3. The van der Waals surface area contributed by atoms with Crippen LogP contribution in [0.1, 0.15) is 47.0 Å². The summed E-state index contributed by atoms with van der Waals surface area (Å²) in [5.74, 6) is 1.39. The predicted molar refractivity (Wildman–Crippen MR) is 85.0 cm³/mol. The highest BCUT2D eigenvalue weighted by Gasteiger charge is 2.32. The Hall–Kier alpha value is -0.610. The highest BCUT2D eigenvalue weighted by Crippen LogP contribution is 2.25. The molecule has 2 heterocycles. The maximum atomic E-state index is 12.3. The number of rotatable bonds is 2. The summed E-state index contributed by atoms with van der Waals surface area (Å²) in [5, 5.41) is 9.99. The van der Waals surface area contributed by atoms with E-state index in [1.807, 2.05) is 25.7 Å². The van der Waals surface area contributed by atoms with Crippen LogP contribution in [0.25, 0.3) is 0 Å². The van der Waals surface area contributed by atoms with Crippen molar-refractivity contribution in [1.82, 2.24) is 9.80 Å². The van der Waals surface area contributed by atoms with Crippen molar-refractivity contribution in [3.8, 4) is 0 Å². The number of nitrogens with zero attached hydrogens (tertiary/aromatic N) is 2. The van der Waals surface area contributed by atoms with Crippen LogP contribution in [0.15, 0.2) is 0 Å². The Morgan fingerprint density at radius 1 is 1.14 bits per heavy atom. The number of aliphatic hydroxyl groups excluding tert-OH is 1. The van der Waals surface area contributed by atoms with Crippen molar-refractivity contribution in [2.24, 2.45) is 17.3 Å². The van der Waals surface area contributed by atoms with Crippen molar-refractivity contribution in [1.29, 1.82) is 0 Å². The van der Waals surface area contributed by atoms with Crippen molar-refractivity contribution in [3.05, 3.63) is 0 Å². The summed E-state index contributed by atoms with van der Waals surface area (Å²) < 4.78 is 0. The fraction of sp³-hybridized carbons (Fsp3) is 0.941. The Morgan fingerprint density at radius 2 is 1.76 bits per heavy atom. The van der Waals surface area contributed by atoms with Crippen LogP contribution in [0.2, 0.25) is 0 Å². The maximum Gasteiger partial charge on any atom is 0.227 e. The SMILES string of the molecule is CC1CCN(CC2CCN(C(=O)C(C)(C)C)CC2)CC1O. The van der Waals surface area contributed by atoms with Crippen LogP contribution < -0.4 is 0 Å². The lowest BCUT2D eigenvalue weighted by molar-refractivity contribution is -0.141. The first kappa shape index (κ1) is 16.8. The molecular formula is C17H32N2O2. The molecule has 4 nitrogen and oxygen atoms in total. The molecule has 0 aliphatic carbocycles. The Balaban J connectivity index is 1.76. The molecule has 0 saturated carbocycles. The minimum atomic E-state index is -0.264. The number of β-amino-alcohol motifs (C(OH)–C–C–N with tert-alkyl or cyclic N) is 1. The second kappa shape index (κ2) is 6.66. The van der Waals surface area contributed by atoms with Crippen molar-refractivity contribution in [2.45, 2.75) is 53.1 Å². The number of aliphatic hydroxyl groups is 1. The van der Waals surface area contributed by atoms with Crippen LogP contribution in [0.5, 0.6) is 0 Å². The van der Waals surface area contributed by atoms with Crippen LogP contribution in [0.3, 0.4) is 0 Å². The number of carbonyl (C=O) groups is 1. The summed E-state index contributed by atoms with van der Waals surface area (Å²) in [6.07, 6.45) is 3.14. The monoisotopic (exact) mass is 296 g/mol. The second-order valence-corrected chi connectivity index (χ2v) is 8.08. The number of hydrogen-bond donors (Lipinski definition) is 1. The van der Waals surface area contributed by atoms with Crippen molar-refractivity contribution >= 4 is 5.91 Å². The van der Waals surface area contributed by atoms with E-state index in [4.69, 9.17) is 0 Å². The molecule has 4 heteroatoms. The highest BCUT2D eigenvalue weighted by molar-refractivity contribution is 5.81. The molecule has 0 aromatic rings. The van der Waals surface area contributed by atoms with Gasteiger partial charge in [0.05, 0.1) is 6.10 Å². The van der Waals surface area contributed by atoms with E-state index in [1.165, 1.54) is 0 Å². The van der Waals surface area contributed by atoms with Crippen LogP contribution in [0.4, 0.5) is 0 Å². The lowest BCUT2D eigenvalue weighted by Crippen LogP contribution is -2.48. The normalized spacial score (nSPS) is 29.7. The number of carbonyl (C=O) groups excluding carboxylic acids is 1. The van der Waals surface area contributed by atoms with Crippen LogP contribution in [0, 0.1) is 17.3 Å². The van der Waals surface area contributed by atoms with Crippen molar-refractivity contribution in [2.75, 3.05) is 32.7 Å². The van der Waals surface area contributed by atoms with Crippen LogP contribution in [-0.2, 0) is 4.79 Å². The molecule has 2 aliphatic heterocycles. The lowest BCUT2D eigenvalue weighted by Gasteiger charge is -2.40. The first-order valence-corrected chi connectivity index (χ1v) is 8.47. The lowest BCUT2D eigenvalue weighted by atomic mass is 9.90. The standard InChI is InChI=1S/C17H32N2O2/c1-13-5-8-18(12-15(13)20)11-14-6-9-19(10-7-14)16(21)17(2,3)4/h13-15,20H,5-12H2,1-4H3. The molecule has 1 N–H and O–H groups in total. The van der Waals surface area contributed by atoms with Gasteiger partial charge in [0.15, 0.2) is 0 Å². The summed E-state index contributed by atoms with van der Waals surface area (Å²) in [4.78, 5) is 16.7. The molecule has 0 spiro atoms. The Bertz CT molecular complexity index is 356. The molecule has 2 saturated heterocycles. The van der Waals surface area contributed by atoms with E-state index in [1.54, 1.807) is 0 Å². The van der Waals surface area contributed by atoms with Gasteiger partial charge in [0.25, 0.3) is 0 Å². The van der Waals surface area contributed by atoms with Gasteiger partial charge in [0.2, 0.25) is 5.91 Å². The average molecular weight is 296 g/mol. The third kappa shape index (κ3) is 4.43. The summed E-state index contributed by atoms with van der Waals surface area (Å²) in [7, 11) is 0. The molecule has 0 radical (unpaired) electrons. The topological polar surface area (TPSA) is 43.8 Å². The molecule has 0 aromatic carbocycles. The molecule has 2 atom stereocenters. The van der Waals surface area contributed by atoms with Crippen molar-refractivity contribution < 1.29 is 9.90 Å². The zero-order chi connectivity index (χ0) is 15.6. The van der Waals surface area contributed by atoms with E-state index in [2.05, 4.69) is 11.8 Å². The van der Waals surface area contributed by atoms with E-state index in [9.17, 15) is 9.90 Å². The van der Waals surface area contributed by atoms with Gasteiger partial charge in [-0.2, -0.15) is 0 Å². The third-order valence-corrected chi connectivity index (χ3v) is 5.06. The number of likely N-dealkylation sites (tertiary alicyclic amines) is 2. The first-order valence-electron chi connectivity index (χ1n) is 8.47. The van der Waals surface area contributed by atoms with Gasteiger partial charge in [0, 0.05) is 31.6 Å². The Labute approximate surface area is 129 Å². The summed E-state index contributed by atoms with van der Waals surface area (Å²) >= 11 is 0. The van der Waals surface area contributed by atoms with Crippen LogP contribution in [-0.4, -0.2) is 59.6 Å². The van der Waals surface area contributed by atoms with Gasteiger partial charge in [-0.3, -0.25) is 4.79 Å². The van der Waals surface area contributed by atoms with Gasteiger partial charge in [-0.15, -0.1) is 0 Å². The summed E-state index contributed by atoms with van der Waals surface area (Å²) in [5.41, 5.74) is -0.264. The summed E-state index contributed by atoms with van der Waals surface area (Å²) in [6, 6.07) is 0. The fourth-order valence-corrected chi connectivity index (χ4v) is 3.44. The van der Waals surface area contributed by atoms with Gasteiger partial charge in [-0.05, 0) is 37.6 Å². The maximum absolute atomic E-state index is 12.3. The molecule has 122 valence electrons. The van der Waals surface area contributed by atoms with Gasteiger partial charge in [-0.1, -0.05) is 27.7 Å². The van der Waals surface area contributed by atoms with E-state index in [0.717, 1.165) is 52.0 Å². The summed E-state index contributed by atoms with van der Waals surface area (Å²) in [6.45, 7) is 12.9. The Morgan fingerprint density at radius 3 is 2.29 bits per heavy atom. The zero-order valence-corrected chi connectivity index (χ0v) is 14.1. The molecule has 2 unspecified atom stereocenters. The van der Waals surface area contributed by atoms with E-state index in [0.29, 0.717) is 11.8 Å². The molecule has 1 amide bonds. The average Bonchev–Trinajstić information content (AvgIpc) is 2.42. The first-order chi connectivity index (χ1) is 9.77. The highest BCUT2D eigenvalue weighted by atomic mass is 16.3.